The molecule has 19 heavy (non-hydrogen) atoms. The SMILES string of the molecule is CCN1CCOC(CNc2cc(C)ncc2OC)C1. The summed E-state index contributed by atoms with van der Waals surface area (Å²) in [6.07, 6.45) is 1.98. The highest BCUT2D eigenvalue weighted by molar-refractivity contribution is 5.55. The first-order valence-corrected chi connectivity index (χ1v) is 6.81. The lowest BCUT2D eigenvalue weighted by molar-refractivity contribution is -0.0191. The van der Waals surface area contributed by atoms with Crippen molar-refractivity contribution in [3.8, 4) is 5.75 Å². The zero-order chi connectivity index (χ0) is 13.7. The molecule has 0 bridgehead atoms. The van der Waals surface area contributed by atoms with E-state index in [1.165, 1.54) is 0 Å². The summed E-state index contributed by atoms with van der Waals surface area (Å²) >= 11 is 0. The molecule has 1 fully saturated rings. The molecule has 1 aliphatic rings. The lowest BCUT2D eigenvalue weighted by Crippen LogP contribution is -2.45. The van der Waals surface area contributed by atoms with E-state index < -0.39 is 0 Å². The first kappa shape index (κ1) is 14.1. The second-order valence-electron chi connectivity index (χ2n) is 4.79. The van der Waals surface area contributed by atoms with Gasteiger partial charge in [0.15, 0.2) is 5.75 Å². The van der Waals surface area contributed by atoms with Crippen LogP contribution in [0.4, 0.5) is 5.69 Å². The highest BCUT2D eigenvalue weighted by atomic mass is 16.5. The van der Waals surface area contributed by atoms with E-state index in [4.69, 9.17) is 9.47 Å². The molecular weight excluding hydrogens is 242 g/mol. The van der Waals surface area contributed by atoms with E-state index in [-0.39, 0.29) is 6.10 Å². The summed E-state index contributed by atoms with van der Waals surface area (Å²) in [6, 6.07) is 2.00. The second kappa shape index (κ2) is 6.73. The summed E-state index contributed by atoms with van der Waals surface area (Å²) in [4.78, 5) is 6.63. The average molecular weight is 265 g/mol. The Morgan fingerprint density at radius 3 is 3.16 bits per heavy atom. The summed E-state index contributed by atoms with van der Waals surface area (Å²) in [5.41, 5.74) is 1.95. The Labute approximate surface area is 114 Å². The van der Waals surface area contributed by atoms with Crippen LogP contribution in [-0.4, -0.2) is 55.9 Å². The Morgan fingerprint density at radius 2 is 2.42 bits per heavy atom. The molecule has 0 aliphatic carbocycles. The number of nitrogens with zero attached hydrogens (tertiary/aromatic N) is 2. The summed E-state index contributed by atoms with van der Waals surface area (Å²) in [7, 11) is 1.66. The van der Waals surface area contributed by atoms with Gasteiger partial charge in [0.25, 0.3) is 0 Å². The van der Waals surface area contributed by atoms with Crippen molar-refractivity contribution in [2.45, 2.75) is 20.0 Å². The molecule has 5 nitrogen and oxygen atoms in total. The number of anilines is 1. The molecule has 1 aromatic rings. The van der Waals surface area contributed by atoms with Crippen LogP contribution in [0.5, 0.6) is 5.75 Å². The Hall–Kier alpha value is -1.33. The van der Waals surface area contributed by atoms with Crippen molar-refractivity contribution in [1.29, 1.82) is 0 Å². The number of methoxy groups -OCH3 is 1. The fourth-order valence-electron chi connectivity index (χ4n) is 2.26. The molecular formula is C14H23N3O2. The predicted molar refractivity (Wildman–Crippen MR) is 75.9 cm³/mol. The van der Waals surface area contributed by atoms with Crippen LogP contribution in [0.15, 0.2) is 12.3 Å². The lowest BCUT2D eigenvalue weighted by atomic mass is 10.2. The number of nitrogens with one attached hydrogen (secondary N) is 1. The summed E-state index contributed by atoms with van der Waals surface area (Å²) < 4.78 is 11.1. The smallest absolute Gasteiger partial charge is 0.160 e. The molecule has 0 spiro atoms. The molecule has 1 aliphatic heterocycles. The fourth-order valence-corrected chi connectivity index (χ4v) is 2.26. The minimum Gasteiger partial charge on any atom is -0.493 e. The maximum Gasteiger partial charge on any atom is 0.160 e. The van der Waals surface area contributed by atoms with Gasteiger partial charge in [-0.3, -0.25) is 9.88 Å². The molecule has 1 unspecified atom stereocenters. The molecule has 0 saturated carbocycles. The van der Waals surface area contributed by atoms with Crippen molar-refractivity contribution in [1.82, 2.24) is 9.88 Å². The van der Waals surface area contributed by atoms with E-state index in [9.17, 15) is 0 Å². The standard InChI is InChI=1S/C14H23N3O2/c1-4-17-5-6-19-12(10-17)8-16-13-7-11(2)15-9-14(13)18-3/h7,9,12H,4-6,8,10H2,1-3H3,(H,15,16). The summed E-state index contributed by atoms with van der Waals surface area (Å²) in [5, 5.41) is 3.40. The number of aryl methyl sites for hydroxylation is 1. The van der Waals surface area contributed by atoms with E-state index in [2.05, 4.69) is 22.1 Å². The number of rotatable bonds is 5. The number of ether oxygens (including phenoxy) is 2. The second-order valence-corrected chi connectivity index (χ2v) is 4.79. The van der Waals surface area contributed by atoms with Gasteiger partial charge >= 0.3 is 0 Å². The molecule has 1 N–H and O–H groups in total. The lowest BCUT2D eigenvalue weighted by Gasteiger charge is -2.32. The fraction of sp³-hybridized carbons (Fsp3) is 0.643. The Kier molecular flexibility index (Phi) is 4.99. The number of aromatic nitrogens is 1. The molecule has 106 valence electrons. The topological polar surface area (TPSA) is 46.6 Å². The van der Waals surface area contributed by atoms with Gasteiger partial charge in [0.05, 0.1) is 31.7 Å². The third kappa shape index (κ3) is 3.81. The number of likely N-dealkylation sites (N-methyl/N-ethyl adjacent to an activating group) is 1. The third-order valence-corrected chi connectivity index (χ3v) is 3.41. The molecule has 1 aromatic heterocycles. The van der Waals surface area contributed by atoms with Gasteiger partial charge in [-0.25, -0.2) is 0 Å². The predicted octanol–water partition coefficient (Wildman–Crippen LogP) is 1.53. The number of hydrogen-bond acceptors (Lipinski definition) is 5. The molecule has 1 atom stereocenters. The highest BCUT2D eigenvalue weighted by Crippen LogP contribution is 2.23. The van der Waals surface area contributed by atoms with Gasteiger partial charge in [0.1, 0.15) is 0 Å². The van der Waals surface area contributed by atoms with E-state index in [1.54, 1.807) is 13.3 Å². The zero-order valence-electron chi connectivity index (χ0n) is 12.0. The van der Waals surface area contributed by atoms with Crippen LogP contribution in [-0.2, 0) is 4.74 Å². The Bertz CT molecular complexity index is 412. The molecule has 2 rings (SSSR count). The molecule has 0 aromatic carbocycles. The van der Waals surface area contributed by atoms with Crippen LogP contribution >= 0.6 is 0 Å². The largest absolute Gasteiger partial charge is 0.493 e. The van der Waals surface area contributed by atoms with Crippen LogP contribution in [0.1, 0.15) is 12.6 Å². The molecule has 5 heteroatoms. The van der Waals surface area contributed by atoms with Gasteiger partial charge in [-0.15, -0.1) is 0 Å². The first-order chi connectivity index (χ1) is 9.22. The van der Waals surface area contributed by atoms with Crippen molar-refractivity contribution in [2.24, 2.45) is 0 Å². The molecule has 0 radical (unpaired) electrons. The van der Waals surface area contributed by atoms with Gasteiger partial charge in [0.2, 0.25) is 0 Å². The highest BCUT2D eigenvalue weighted by Gasteiger charge is 2.19. The van der Waals surface area contributed by atoms with Crippen molar-refractivity contribution in [3.05, 3.63) is 18.0 Å². The van der Waals surface area contributed by atoms with E-state index in [1.807, 2.05) is 13.0 Å². The van der Waals surface area contributed by atoms with Gasteiger partial charge in [-0.2, -0.15) is 0 Å². The quantitative estimate of drug-likeness (QED) is 0.875. The molecule has 0 amide bonds. The molecule has 2 heterocycles. The van der Waals surface area contributed by atoms with Gasteiger partial charge in [-0.1, -0.05) is 6.92 Å². The van der Waals surface area contributed by atoms with Gasteiger partial charge < -0.3 is 14.8 Å². The zero-order valence-corrected chi connectivity index (χ0v) is 12.0. The van der Waals surface area contributed by atoms with Crippen LogP contribution in [0.3, 0.4) is 0 Å². The summed E-state index contributed by atoms with van der Waals surface area (Å²) in [5.74, 6) is 0.772. The van der Waals surface area contributed by atoms with Gasteiger partial charge in [-0.05, 0) is 19.5 Å². The Morgan fingerprint density at radius 1 is 1.58 bits per heavy atom. The van der Waals surface area contributed by atoms with E-state index in [0.717, 1.165) is 49.9 Å². The normalized spacial score (nSPS) is 20.3. The van der Waals surface area contributed by atoms with E-state index >= 15 is 0 Å². The van der Waals surface area contributed by atoms with Crippen molar-refractivity contribution in [2.75, 3.05) is 45.2 Å². The molecule has 1 saturated heterocycles. The Balaban J connectivity index is 1.92. The van der Waals surface area contributed by atoms with Crippen molar-refractivity contribution >= 4 is 5.69 Å². The number of hydrogen-bond donors (Lipinski definition) is 1. The van der Waals surface area contributed by atoms with Gasteiger partial charge in [0, 0.05) is 25.3 Å². The van der Waals surface area contributed by atoms with E-state index in [0.29, 0.717) is 0 Å². The average Bonchev–Trinajstić information content (AvgIpc) is 2.45. The van der Waals surface area contributed by atoms with Crippen molar-refractivity contribution in [3.63, 3.8) is 0 Å². The number of morpholine rings is 1. The van der Waals surface area contributed by atoms with Crippen LogP contribution in [0.25, 0.3) is 0 Å². The third-order valence-electron chi connectivity index (χ3n) is 3.41. The van der Waals surface area contributed by atoms with Crippen LogP contribution in [0, 0.1) is 6.92 Å². The maximum absolute atomic E-state index is 5.77. The summed E-state index contributed by atoms with van der Waals surface area (Å²) in [6.45, 7) is 8.85. The van der Waals surface area contributed by atoms with Crippen LogP contribution < -0.4 is 10.1 Å². The van der Waals surface area contributed by atoms with Crippen molar-refractivity contribution < 1.29 is 9.47 Å². The minimum atomic E-state index is 0.229. The first-order valence-electron chi connectivity index (χ1n) is 6.81. The van der Waals surface area contributed by atoms with Crippen LogP contribution in [0.2, 0.25) is 0 Å². The monoisotopic (exact) mass is 265 g/mol. The maximum atomic E-state index is 5.77. The number of pyridine rings is 1. The minimum absolute atomic E-state index is 0.229.